The maximum atomic E-state index is 12.8. The molecule has 8 heteroatoms. The minimum absolute atomic E-state index is 0.0285. The van der Waals surface area contributed by atoms with Crippen molar-refractivity contribution in [1.29, 1.82) is 0 Å². The number of fused-ring (bicyclic) bond motifs is 2. The number of piperazine rings is 1. The number of pyridine rings is 1. The van der Waals surface area contributed by atoms with Gasteiger partial charge < -0.3 is 9.47 Å². The molecule has 1 saturated heterocycles. The van der Waals surface area contributed by atoms with Crippen LogP contribution in [-0.2, 0) is 11.8 Å². The zero-order valence-corrected chi connectivity index (χ0v) is 18.8. The first-order chi connectivity index (χ1) is 15.0. The molecular formula is C23H26N6OS. The van der Waals surface area contributed by atoms with Crippen LogP contribution in [0.15, 0.2) is 48.8 Å². The van der Waals surface area contributed by atoms with Crippen LogP contribution < -0.4 is 10.2 Å². The molecule has 1 aromatic carbocycles. The van der Waals surface area contributed by atoms with E-state index in [0.29, 0.717) is 24.6 Å². The molecule has 0 saturated carbocycles. The van der Waals surface area contributed by atoms with Gasteiger partial charge in [0.25, 0.3) is 0 Å². The number of nitrogens with one attached hydrogen (secondary N) is 1. The Morgan fingerprint density at radius 2 is 1.97 bits per heavy atom. The number of benzene rings is 1. The maximum Gasteiger partial charge on any atom is 0.240 e. The molecule has 1 N–H and O–H groups in total. The van der Waals surface area contributed by atoms with Gasteiger partial charge in [0.15, 0.2) is 0 Å². The summed E-state index contributed by atoms with van der Waals surface area (Å²) in [5.41, 5.74) is 1.89. The summed E-state index contributed by atoms with van der Waals surface area (Å²) in [6.07, 6.45) is 3.77. The van der Waals surface area contributed by atoms with Gasteiger partial charge in [0.1, 0.15) is 0 Å². The number of carbonyl (C=O) groups is 1. The predicted octanol–water partition coefficient (Wildman–Crippen LogP) is 3.72. The van der Waals surface area contributed by atoms with Crippen molar-refractivity contribution < 1.29 is 4.79 Å². The number of aryl methyl sites for hydroxylation is 1. The van der Waals surface area contributed by atoms with Crippen LogP contribution in [0.25, 0.3) is 21.1 Å². The highest BCUT2D eigenvalue weighted by Gasteiger charge is 2.31. The fraction of sp³-hybridized carbons (Fsp3) is 0.348. The van der Waals surface area contributed by atoms with Crippen molar-refractivity contribution in [2.45, 2.75) is 25.9 Å². The smallest absolute Gasteiger partial charge is 0.240 e. The highest BCUT2D eigenvalue weighted by atomic mass is 32.1. The monoisotopic (exact) mass is 434 g/mol. The molecule has 7 nitrogen and oxygen atoms in total. The van der Waals surface area contributed by atoms with Crippen LogP contribution in [0, 0.1) is 0 Å². The molecule has 4 aromatic rings. The normalized spacial score (nSPS) is 19.9. The van der Waals surface area contributed by atoms with Crippen LogP contribution in [-0.4, -0.2) is 57.1 Å². The fourth-order valence-electron chi connectivity index (χ4n) is 4.62. The number of amides is 1. The number of aromatic nitrogens is 3. The molecule has 5 rings (SSSR count). The lowest BCUT2D eigenvalue weighted by Crippen LogP contribution is -2.57. The van der Waals surface area contributed by atoms with E-state index in [4.69, 9.17) is 0 Å². The average molecular weight is 435 g/mol. The number of hydrogen-bond acceptors (Lipinski definition) is 6. The van der Waals surface area contributed by atoms with E-state index >= 15 is 0 Å². The van der Waals surface area contributed by atoms with Crippen molar-refractivity contribution >= 4 is 49.3 Å². The Hall–Kier alpha value is -2.97. The molecule has 160 valence electrons. The highest BCUT2D eigenvalue weighted by molar-refractivity contribution is 7.22. The molecule has 4 heterocycles. The van der Waals surface area contributed by atoms with E-state index in [0.717, 1.165) is 24.1 Å². The average Bonchev–Trinajstić information content (AvgIpc) is 3.29. The zero-order chi connectivity index (χ0) is 21.5. The van der Waals surface area contributed by atoms with Gasteiger partial charge in [-0.15, -0.1) is 11.3 Å². The van der Waals surface area contributed by atoms with Gasteiger partial charge in [-0.25, -0.2) is 4.98 Å². The predicted molar refractivity (Wildman–Crippen MR) is 127 cm³/mol. The van der Waals surface area contributed by atoms with E-state index in [-0.39, 0.29) is 5.91 Å². The Morgan fingerprint density at radius 3 is 2.71 bits per heavy atom. The highest BCUT2D eigenvalue weighted by Crippen LogP contribution is 2.35. The lowest BCUT2D eigenvalue weighted by atomic mass is 10.1. The zero-order valence-electron chi connectivity index (χ0n) is 17.9. The first kappa shape index (κ1) is 20.0. The Kier molecular flexibility index (Phi) is 5.11. The number of carbonyl (C=O) groups excluding carboxylic acids is 1. The Balaban J connectivity index is 1.26. The quantitative estimate of drug-likeness (QED) is 0.530. The molecule has 1 aliphatic rings. The number of nitrogens with zero attached hydrogens (tertiary/aromatic N) is 5. The second kappa shape index (κ2) is 7.94. The van der Waals surface area contributed by atoms with Gasteiger partial charge in [-0.1, -0.05) is 12.1 Å². The largest absolute Gasteiger partial charge is 0.355 e. The number of imidazole rings is 1. The van der Waals surface area contributed by atoms with Crippen LogP contribution in [0.4, 0.5) is 10.9 Å². The molecule has 1 aliphatic heterocycles. The van der Waals surface area contributed by atoms with Gasteiger partial charge in [-0.3, -0.25) is 20.0 Å². The van der Waals surface area contributed by atoms with Crippen molar-refractivity contribution in [1.82, 2.24) is 19.4 Å². The summed E-state index contributed by atoms with van der Waals surface area (Å²) < 4.78 is 3.18. The molecular weight excluding hydrogens is 408 g/mol. The van der Waals surface area contributed by atoms with E-state index in [1.807, 2.05) is 59.6 Å². The summed E-state index contributed by atoms with van der Waals surface area (Å²) >= 11 is 1.81. The lowest BCUT2D eigenvalue weighted by Gasteiger charge is -2.45. The first-order valence-electron chi connectivity index (χ1n) is 10.5. The van der Waals surface area contributed by atoms with E-state index in [2.05, 4.69) is 51.1 Å². The van der Waals surface area contributed by atoms with Gasteiger partial charge in [-0.2, -0.15) is 0 Å². The summed E-state index contributed by atoms with van der Waals surface area (Å²) in [5.74, 6) is 0.559. The molecule has 0 radical (unpaired) electrons. The second-order valence-corrected chi connectivity index (χ2v) is 9.39. The van der Waals surface area contributed by atoms with Crippen molar-refractivity contribution in [2.24, 2.45) is 7.05 Å². The van der Waals surface area contributed by atoms with Gasteiger partial charge in [0.2, 0.25) is 11.9 Å². The van der Waals surface area contributed by atoms with Gasteiger partial charge in [-0.05, 0) is 38.1 Å². The van der Waals surface area contributed by atoms with Gasteiger partial charge in [0, 0.05) is 54.7 Å². The number of anilines is 2. The summed E-state index contributed by atoms with van der Waals surface area (Å²) in [6, 6.07) is 12.8. The SMILES string of the molecule is CC1CN(CC(=O)Nc2nc3ccccc3n2C)CC(C)N1c1cc2cnccc2s1. The van der Waals surface area contributed by atoms with Crippen molar-refractivity contribution in [3.63, 3.8) is 0 Å². The van der Waals surface area contributed by atoms with Crippen LogP contribution in [0.2, 0.25) is 0 Å². The third-order valence-electron chi connectivity index (χ3n) is 5.96. The minimum Gasteiger partial charge on any atom is -0.355 e. The minimum atomic E-state index is -0.0285. The number of thiophene rings is 1. The van der Waals surface area contributed by atoms with Gasteiger partial charge in [0.05, 0.1) is 22.6 Å². The van der Waals surface area contributed by atoms with E-state index in [1.54, 1.807) is 0 Å². The lowest BCUT2D eigenvalue weighted by molar-refractivity contribution is -0.117. The number of hydrogen-bond donors (Lipinski definition) is 1. The summed E-state index contributed by atoms with van der Waals surface area (Å²) in [4.78, 5) is 26.3. The number of rotatable bonds is 4. The molecule has 0 spiro atoms. The topological polar surface area (TPSA) is 66.3 Å². The molecule has 0 aliphatic carbocycles. The van der Waals surface area contributed by atoms with Crippen molar-refractivity contribution in [3.8, 4) is 0 Å². The first-order valence-corrected chi connectivity index (χ1v) is 11.4. The van der Waals surface area contributed by atoms with Crippen molar-refractivity contribution in [3.05, 3.63) is 48.8 Å². The molecule has 2 atom stereocenters. The summed E-state index contributed by atoms with van der Waals surface area (Å²) in [6.45, 7) is 6.50. The molecule has 3 aromatic heterocycles. The van der Waals surface area contributed by atoms with E-state index in [9.17, 15) is 4.79 Å². The fourth-order valence-corrected chi connectivity index (χ4v) is 5.85. The van der Waals surface area contributed by atoms with E-state index in [1.165, 1.54) is 15.1 Å². The Labute approximate surface area is 185 Å². The van der Waals surface area contributed by atoms with Crippen molar-refractivity contribution in [2.75, 3.05) is 29.9 Å². The Bertz CT molecular complexity index is 1200. The summed E-state index contributed by atoms with van der Waals surface area (Å²) in [7, 11) is 1.92. The van der Waals surface area contributed by atoms with Crippen LogP contribution in [0.3, 0.4) is 0 Å². The molecule has 1 fully saturated rings. The van der Waals surface area contributed by atoms with Crippen LogP contribution >= 0.6 is 11.3 Å². The Morgan fingerprint density at radius 1 is 1.19 bits per heavy atom. The summed E-state index contributed by atoms with van der Waals surface area (Å²) in [5, 5.41) is 5.45. The molecule has 31 heavy (non-hydrogen) atoms. The van der Waals surface area contributed by atoms with E-state index < -0.39 is 0 Å². The third-order valence-corrected chi connectivity index (χ3v) is 7.09. The van der Waals surface area contributed by atoms with Gasteiger partial charge >= 0.3 is 0 Å². The standard InChI is InChI=1S/C23H26N6OS/c1-15-12-28(13-16(2)29(15)22-10-17-11-24-9-8-20(17)31-22)14-21(30)26-23-25-18-6-4-5-7-19(18)27(23)3/h4-11,15-16H,12-14H2,1-3H3,(H,25,26,30). The molecule has 0 bridgehead atoms. The maximum absolute atomic E-state index is 12.8. The number of para-hydroxylation sites is 2. The van der Waals surface area contributed by atoms with Crippen LogP contribution in [0.1, 0.15) is 13.8 Å². The van der Waals surface area contributed by atoms with Crippen LogP contribution in [0.5, 0.6) is 0 Å². The second-order valence-electron chi connectivity index (χ2n) is 8.33. The third kappa shape index (κ3) is 3.77. The molecule has 1 amide bonds. The molecule has 2 unspecified atom stereocenters.